The Morgan fingerprint density at radius 2 is 1.39 bits per heavy atom. The molecule has 3 rings (SSSR count). The summed E-state index contributed by atoms with van der Waals surface area (Å²) in [4.78, 5) is 9.25. The fourth-order valence-corrected chi connectivity index (χ4v) is 5.03. The van der Waals surface area contributed by atoms with Crippen LogP contribution in [0.4, 0.5) is 0 Å². The number of aromatic nitrogens is 2. The third-order valence-electron chi connectivity index (χ3n) is 7.31. The molecule has 2 aromatic rings. The maximum atomic E-state index is 6.14. The lowest BCUT2D eigenvalue weighted by molar-refractivity contribution is 0.177. The average molecular weight is 451 g/mol. The van der Waals surface area contributed by atoms with Gasteiger partial charge in [-0.3, -0.25) is 9.97 Å². The van der Waals surface area contributed by atoms with Crippen LogP contribution < -0.4 is 4.74 Å². The van der Waals surface area contributed by atoms with Gasteiger partial charge in [-0.15, -0.1) is 0 Å². The maximum Gasteiger partial charge on any atom is 0.119 e. The monoisotopic (exact) mass is 450 g/mol. The molecule has 3 nitrogen and oxygen atoms in total. The molecule has 0 saturated heterocycles. The van der Waals surface area contributed by atoms with Crippen LogP contribution in [0, 0.1) is 11.8 Å². The number of rotatable bonds is 15. The Kier molecular flexibility index (Phi) is 11.8. The van der Waals surface area contributed by atoms with Crippen LogP contribution in [-0.2, 0) is 6.42 Å². The Bertz CT molecular complexity index is 748. The van der Waals surface area contributed by atoms with Crippen molar-refractivity contribution < 1.29 is 4.74 Å². The number of unbranched alkanes of at least 4 members (excludes halogenated alkanes) is 7. The third kappa shape index (κ3) is 9.47. The lowest BCUT2D eigenvalue weighted by Crippen LogP contribution is -2.20. The van der Waals surface area contributed by atoms with E-state index in [1.807, 2.05) is 12.4 Å². The molecular weight excluding hydrogens is 404 g/mol. The van der Waals surface area contributed by atoms with Crippen molar-refractivity contribution in [2.45, 2.75) is 110 Å². The first-order valence-corrected chi connectivity index (χ1v) is 13.8. The van der Waals surface area contributed by atoms with E-state index in [0.29, 0.717) is 0 Å². The van der Waals surface area contributed by atoms with Crippen molar-refractivity contribution in [1.29, 1.82) is 0 Å². The smallest absolute Gasteiger partial charge is 0.119 e. The molecule has 1 aliphatic rings. The van der Waals surface area contributed by atoms with Gasteiger partial charge in [-0.2, -0.15) is 0 Å². The number of hydrogen-bond acceptors (Lipinski definition) is 3. The van der Waals surface area contributed by atoms with Crippen molar-refractivity contribution in [2.75, 3.05) is 6.61 Å². The van der Waals surface area contributed by atoms with Gasteiger partial charge in [0.15, 0.2) is 0 Å². The molecule has 1 aromatic carbocycles. The third-order valence-corrected chi connectivity index (χ3v) is 7.31. The molecule has 0 bridgehead atoms. The molecule has 0 amide bonds. The van der Waals surface area contributed by atoms with Gasteiger partial charge in [-0.1, -0.05) is 84.5 Å². The molecule has 1 heterocycles. The maximum absolute atomic E-state index is 6.14. The first kappa shape index (κ1) is 25.7. The van der Waals surface area contributed by atoms with E-state index in [1.54, 1.807) is 0 Å². The molecule has 33 heavy (non-hydrogen) atoms. The van der Waals surface area contributed by atoms with E-state index in [0.717, 1.165) is 47.6 Å². The minimum absolute atomic E-state index is 0.719. The normalized spacial score (nSPS) is 18.4. The quantitative estimate of drug-likeness (QED) is 0.254. The lowest BCUT2D eigenvalue weighted by atomic mass is 9.80. The van der Waals surface area contributed by atoms with E-state index in [1.165, 1.54) is 89.9 Å². The summed E-state index contributed by atoms with van der Waals surface area (Å²) >= 11 is 0. The SMILES string of the molecule is CCCCCCCC1CCC(COc2ccc(-c3cnc(CCCCCC)cn3)cc2)CC1. The first-order valence-electron chi connectivity index (χ1n) is 13.8. The van der Waals surface area contributed by atoms with Crippen molar-refractivity contribution in [3.63, 3.8) is 0 Å². The Balaban J connectivity index is 1.35. The molecule has 1 aliphatic carbocycles. The van der Waals surface area contributed by atoms with Gasteiger partial charge in [0.05, 0.1) is 24.2 Å². The molecule has 1 saturated carbocycles. The number of ether oxygens (including phenoxy) is 1. The Labute approximate surface area is 202 Å². The van der Waals surface area contributed by atoms with Crippen molar-refractivity contribution in [3.8, 4) is 17.0 Å². The van der Waals surface area contributed by atoms with Gasteiger partial charge in [0.25, 0.3) is 0 Å². The van der Waals surface area contributed by atoms with Gasteiger partial charge in [0.2, 0.25) is 0 Å². The van der Waals surface area contributed by atoms with E-state index in [9.17, 15) is 0 Å². The van der Waals surface area contributed by atoms with E-state index in [4.69, 9.17) is 4.74 Å². The number of benzene rings is 1. The highest BCUT2D eigenvalue weighted by molar-refractivity contribution is 5.58. The van der Waals surface area contributed by atoms with Crippen LogP contribution >= 0.6 is 0 Å². The van der Waals surface area contributed by atoms with Crippen LogP contribution in [0.3, 0.4) is 0 Å². The zero-order chi connectivity index (χ0) is 23.1. The predicted octanol–water partition coefficient (Wildman–Crippen LogP) is 8.81. The number of hydrogen-bond donors (Lipinski definition) is 0. The van der Waals surface area contributed by atoms with E-state index >= 15 is 0 Å². The van der Waals surface area contributed by atoms with Crippen LogP contribution in [0.5, 0.6) is 5.75 Å². The van der Waals surface area contributed by atoms with Crippen molar-refractivity contribution in [2.24, 2.45) is 11.8 Å². The fourth-order valence-electron chi connectivity index (χ4n) is 5.03. The van der Waals surface area contributed by atoms with Crippen molar-refractivity contribution in [3.05, 3.63) is 42.4 Å². The Morgan fingerprint density at radius 3 is 2.06 bits per heavy atom. The summed E-state index contributed by atoms with van der Waals surface area (Å²) in [6.45, 7) is 5.39. The van der Waals surface area contributed by atoms with Gasteiger partial charge < -0.3 is 4.74 Å². The fraction of sp³-hybridized carbons (Fsp3) is 0.667. The molecule has 182 valence electrons. The highest BCUT2D eigenvalue weighted by Gasteiger charge is 2.21. The van der Waals surface area contributed by atoms with Gasteiger partial charge in [-0.05, 0) is 61.8 Å². The second-order valence-electron chi connectivity index (χ2n) is 10.1. The van der Waals surface area contributed by atoms with Crippen molar-refractivity contribution >= 4 is 0 Å². The van der Waals surface area contributed by atoms with Crippen LogP contribution in [0.25, 0.3) is 11.3 Å². The molecule has 1 fully saturated rings. The summed E-state index contributed by atoms with van der Waals surface area (Å²) in [5, 5.41) is 0. The van der Waals surface area contributed by atoms with Gasteiger partial charge in [0, 0.05) is 11.8 Å². The molecule has 0 atom stereocenters. The summed E-state index contributed by atoms with van der Waals surface area (Å²) in [7, 11) is 0. The van der Waals surface area contributed by atoms with Crippen molar-refractivity contribution in [1.82, 2.24) is 9.97 Å². The highest BCUT2D eigenvalue weighted by Crippen LogP contribution is 2.32. The molecular formula is C30H46N2O. The second-order valence-corrected chi connectivity index (χ2v) is 10.1. The van der Waals surface area contributed by atoms with Gasteiger partial charge in [-0.25, -0.2) is 0 Å². The number of aryl methyl sites for hydroxylation is 1. The molecule has 0 unspecified atom stereocenters. The second kappa shape index (κ2) is 15.1. The van der Waals surface area contributed by atoms with E-state index < -0.39 is 0 Å². The molecule has 0 N–H and O–H groups in total. The zero-order valence-electron chi connectivity index (χ0n) is 21.2. The standard InChI is InChI=1S/C30H46N2O/c1-3-5-7-9-10-12-25-14-16-26(17-15-25)24-33-29-20-18-27(19-21-29)30-23-31-28(22-32-30)13-11-8-6-4-2/h18-23,25-26H,3-17,24H2,1-2H3. The summed E-state index contributed by atoms with van der Waals surface area (Å²) in [5.41, 5.74) is 3.14. The largest absolute Gasteiger partial charge is 0.493 e. The topological polar surface area (TPSA) is 35.0 Å². The molecule has 3 heteroatoms. The summed E-state index contributed by atoms with van der Waals surface area (Å²) in [6, 6.07) is 8.38. The van der Waals surface area contributed by atoms with Gasteiger partial charge >= 0.3 is 0 Å². The van der Waals surface area contributed by atoms with E-state index in [-0.39, 0.29) is 0 Å². The summed E-state index contributed by atoms with van der Waals surface area (Å²) in [5.74, 6) is 2.65. The minimum atomic E-state index is 0.719. The van der Waals surface area contributed by atoms with E-state index in [2.05, 4.69) is 48.1 Å². The summed E-state index contributed by atoms with van der Waals surface area (Å²) < 4.78 is 6.14. The van der Waals surface area contributed by atoms with Crippen LogP contribution in [0.15, 0.2) is 36.7 Å². The van der Waals surface area contributed by atoms with Crippen LogP contribution in [0.2, 0.25) is 0 Å². The average Bonchev–Trinajstić information content (AvgIpc) is 2.87. The van der Waals surface area contributed by atoms with Crippen LogP contribution in [-0.4, -0.2) is 16.6 Å². The molecule has 0 spiro atoms. The lowest BCUT2D eigenvalue weighted by Gasteiger charge is -2.28. The number of nitrogens with zero attached hydrogens (tertiary/aromatic N) is 2. The summed E-state index contributed by atoms with van der Waals surface area (Å²) in [6.07, 6.45) is 23.9. The Hall–Kier alpha value is -1.90. The highest BCUT2D eigenvalue weighted by atomic mass is 16.5. The van der Waals surface area contributed by atoms with Gasteiger partial charge in [0.1, 0.15) is 5.75 Å². The molecule has 0 radical (unpaired) electrons. The zero-order valence-corrected chi connectivity index (χ0v) is 21.2. The predicted molar refractivity (Wildman–Crippen MR) is 140 cm³/mol. The Morgan fingerprint density at radius 1 is 0.727 bits per heavy atom. The molecule has 0 aliphatic heterocycles. The molecule has 1 aromatic heterocycles. The minimum Gasteiger partial charge on any atom is -0.493 e. The van der Waals surface area contributed by atoms with Crippen LogP contribution in [0.1, 0.15) is 109 Å². The first-order chi connectivity index (χ1) is 16.3.